The topological polar surface area (TPSA) is 106 Å². The van der Waals surface area contributed by atoms with Crippen LogP contribution in [0.5, 0.6) is 0 Å². The minimum Gasteiger partial charge on any atom is -0.336 e. The quantitative estimate of drug-likeness (QED) is 0.539. The molecule has 0 spiro atoms. The van der Waals surface area contributed by atoms with E-state index < -0.39 is 5.82 Å². The van der Waals surface area contributed by atoms with Gasteiger partial charge in [0, 0.05) is 55.2 Å². The zero-order valence-corrected chi connectivity index (χ0v) is 17.4. The molecule has 3 heterocycles. The first-order valence-electron chi connectivity index (χ1n) is 10.2. The molecule has 1 aliphatic heterocycles. The van der Waals surface area contributed by atoms with E-state index in [1.165, 1.54) is 12.1 Å². The van der Waals surface area contributed by atoms with Gasteiger partial charge in [0.2, 0.25) is 0 Å². The van der Waals surface area contributed by atoms with Crippen molar-refractivity contribution < 1.29 is 9.18 Å². The van der Waals surface area contributed by atoms with Gasteiger partial charge in [0.15, 0.2) is 0 Å². The first kappa shape index (κ1) is 19.9. The second kappa shape index (κ2) is 7.59. The van der Waals surface area contributed by atoms with Gasteiger partial charge >= 0.3 is 0 Å². The Balaban J connectivity index is 1.64. The van der Waals surface area contributed by atoms with Crippen molar-refractivity contribution in [2.75, 3.05) is 13.1 Å². The lowest BCUT2D eigenvalue weighted by atomic mass is 10.1. The lowest BCUT2D eigenvalue weighted by Gasteiger charge is -2.13. The molecule has 0 saturated carbocycles. The molecule has 2 aromatic heterocycles. The molecule has 0 aliphatic carbocycles. The smallest absolute Gasteiger partial charge is 0.274 e. The summed E-state index contributed by atoms with van der Waals surface area (Å²) in [5.74, 6) is -0.459. The van der Waals surface area contributed by atoms with Crippen LogP contribution in [0.3, 0.4) is 0 Å². The third-order valence-corrected chi connectivity index (χ3v) is 5.67. The molecule has 160 valence electrons. The normalized spacial score (nSPS) is 15.9. The molecule has 9 heteroatoms. The molecular weight excluding hydrogens is 409 g/mol. The summed E-state index contributed by atoms with van der Waals surface area (Å²) in [7, 11) is 1.85. The number of fused-ring (bicyclic) bond motifs is 1. The van der Waals surface area contributed by atoms with Crippen molar-refractivity contribution in [2.45, 2.75) is 12.5 Å². The summed E-state index contributed by atoms with van der Waals surface area (Å²) in [6.07, 6.45) is 4.31. The van der Waals surface area contributed by atoms with Crippen molar-refractivity contribution in [1.29, 1.82) is 5.26 Å². The Hall–Kier alpha value is -4.03. The highest BCUT2D eigenvalue weighted by Gasteiger charge is 2.27. The molecule has 0 radical (unpaired) electrons. The Morgan fingerprint density at radius 1 is 1.25 bits per heavy atom. The van der Waals surface area contributed by atoms with Crippen LogP contribution in [-0.4, -0.2) is 49.3 Å². The fourth-order valence-corrected chi connectivity index (χ4v) is 4.04. The number of carbonyl (C=O) groups excluding carboxylic acids is 1. The van der Waals surface area contributed by atoms with Gasteiger partial charge in [-0.1, -0.05) is 0 Å². The predicted octanol–water partition coefficient (Wildman–Crippen LogP) is 2.61. The lowest BCUT2D eigenvalue weighted by Crippen LogP contribution is -2.32. The number of benzene rings is 2. The highest BCUT2D eigenvalue weighted by molar-refractivity contribution is 5.93. The van der Waals surface area contributed by atoms with E-state index in [9.17, 15) is 9.18 Å². The van der Waals surface area contributed by atoms with Crippen molar-refractivity contribution in [3.8, 4) is 23.1 Å². The van der Waals surface area contributed by atoms with Crippen LogP contribution < -0.4 is 5.73 Å². The average Bonchev–Trinajstić information content (AvgIpc) is 3.49. The molecule has 32 heavy (non-hydrogen) atoms. The van der Waals surface area contributed by atoms with Gasteiger partial charge in [-0.25, -0.2) is 9.37 Å². The monoisotopic (exact) mass is 429 g/mol. The second-order valence-electron chi connectivity index (χ2n) is 7.97. The zero-order chi connectivity index (χ0) is 22.4. The summed E-state index contributed by atoms with van der Waals surface area (Å²) in [6, 6.07) is 11.8. The van der Waals surface area contributed by atoms with Gasteiger partial charge < -0.3 is 10.6 Å². The molecule has 5 rings (SSSR count). The van der Waals surface area contributed by atoms with Gasteiger partial charge in [0.1, 0.15) is 23.4 Å². The largest absolute Gasteiger partial charge is 0.336 e. The van der Waals surface area contributed by atoms with Gasteiger partial charge in [-0.15, -0.1) is 0 Å². The van der Waals surface area contributed by atoms with Crippen molar-refractivity contribution in [2.24, 2.45) is 12.8 Å². The third-order valence-electron chi connectivity index (χ3n) is 5.67. The van der Waals surface area contributed by atoms with Crippen LogP contribution in [0, 0.1) is 17.1 Å². The second-order valence-corrected chi connectivity index (χ2v) is 7.97. The number of likely N-dealkylation sites (tertiary alicyclic amines) is 1. The molecule has 1 fully saturated rings. The number of imidazole rings is 1. The number of nitriles is 1. The number of aryl methyl sites for hydroxylation is 1. The minimum absolute atomic E-state index is 0.0420. The van der Waals surface area contributed by atoms with Gasteiger partial charge in [0.25, 0.3) is 5.91 Å². The molecule has 0 bridgehead atoms. The van der Waals surface area contributed by atoms with Crippen LogP contribution in [0.15, 0.2) is 48.8 Å². The summed E-state index contributed by atoms with van der Waals surface area (Å²) < 4.78 is 17.8. The van der Waals surface area contributed by atoms with E-state index in [0.29, 0.717) is 24.5 Å². The molecule has 1 amide bonds. The van der Waals surface area contributed by atoms with Crippen LogP contribution in [0.4, 0.5) is 4.39 Å². The van der Waals surface area contributed by atoms with E-state index in [1.807, 2.05) is 37.5 Å². The third kappa shape index (κ3) is 3.40. The minimum atomic E-state index is -0.641. The molecule has 8 nitrogen and oxygen atoms in total. The van der Waals surface area contributed by atoms with E-state index in [4.69, 9.17) is 11.0 Å². The van der Waals surface area contributed by atoms with Crippen molar-refractivity contribution >= 4 is 16.8 Å². The molecule has 1 atom stereocenters. The van der Waals surface area contributed by atoms with E-state index in [1.54, 1.807) is 26.4 Å². The lowest BCUT2D eigenvalue weighted by molar-refractivity contribution is 0.0785. The first-order valence-corrected chi connectivity index (χ1v) is 10.2. The van der Waals surface area contributed by atoms with Crippen LogP contribution >= 0.6 is 0 Å². The fourth-order valence-electron chi connectivity index (χ4n) is 4.04. The number of hydrogen-bond acceptors (Lipinski definition) is 5. The number of aromatic nitrogens is 4. The summed E-state index contributed by atoms with van der Waals surface area (Å²) >= 11 is 0. The Bertz CT molecular complexity index is 1400. The maximum atomic E-state index is 14.4. The number of nitrogens with zero attached hydrogens (tertiary/aromatic N) is 6. The van der Waals surface area contributed by atoms with Crippen LogP contribution in [0.1, 0.15) is 22.5 Å². The van der Waals surface area contributed by atoms with Crippen molar-refractivity contribution in [3.63, 3.8) is 0 Å². The first-order chi connectivity index (χ1) is 15.4. The van der Waals surface area contributed by atoms with Gasteiger partial charge in [-0.05, 0) is 42.8 Å². The molecule has 1 aliphatic rings. The maximum absolute atomic E-state index is 14.4. The number of amides is 1. The van der Waals surface area contributed by atoms with Crippen LogP contribution in [-0.2, 0) is 7.05 Å². The fraction of sp³-hybridized carbons (Fsp3) is 0.217. The number of nitrogens with two attached hydrogens (primary N) is 1. The molecular formula is C23H20FN7O. The number of rotatable bonds is 3. The number of carbonyl (C=O) groups is 1. The van der Waals surface area contributed by atoms with Gasteiger partial charge in [0.05, 0.1) is 11.1 Å². The number of hydrogen-bond donors (Lipinski definition) is 1. The molecule has 2 aromatic carbocycles. The van der Waals surface area contributed by atoms with Crippen molar-refractivity contribution in [3.05, 3.63) is 65.9 Å². The summed E-state index contributed by atoms with van der Waals surface area (Å²) in [6.45, 7) is 1.06. The SMILES string of the molecule is Cn1cc2ccc(-n3cc(C(=O)N4CC[C@H](N)C4)nc3-c3ccc(C#N)c(F)c3)cc2n1. The summed E-state index contributed by atoms with van der Waals surface area (Å²) in [5.41, 5.74) is 8.14. The molecule has 4 aromatic rings. The maximum Gasteiger partial charge on any atom is 0.274 e. The molecule has 2 N–H and O–H groups in total. The highest BCUT2D eigenvalue weighted by Crippen LogP contribution is 2.27. The van der Waals surface area contributed by atoms with E-state index in [0.717, 1.165) is 23.0 Å². The Morgan fingerprint density at radius 2 is 2.09 bits per heavy atom. The van der Waals surface area contributed by atoms with Gasteiger partial charge in [-0.3, -0.25) is 14.0 Å². The predicted molar refractivity (Wildman–Crippen MR) is 116 cm³/mol. The Labute approximate surface area is 183 Å². The highest BCUT2D eigenvalue weighted by atomic mass is 19.1. The van der Waals surface area contributed by atoms with E-state index in [2.05, 4.69) is 10.1 Å². The van der Waals surface area contributed by atoms with Crippen molar-refractivity contribution in [1.82, 2.24) is 24.2 Å². The average molecular weight is 429 g/mol. The Kier molecular flexibility index (Phi) is 4.72. The molecule has 1 saturated heterocycles. The van der Waals surface area contributed by atoms with E-state index >= 15 is 0 Å². The molecule has 0 unspecified atom stereocenters. The number of halogens is 1. The standard InChI is InChI=1S/C23H20FN7O/c1-29-11-16-4-5-18(9-20(16)28-29)31-13-21(23(32)30-7-6-17(26)12-30)27-22(31)14-2-3-15(10-25)19(24)8-14/h2-5,8-9,11,13,17H,6-7,12,26H2,1H3/t17-/m0/s1. The zero-order valence-electron chi connectivity index (χ0n) is 17.4. The van der Waals surface area contributed by atoms with Crippen LogP contribution in [0.25, 0.3) is 28.0 Å². The van der Waals surface area contributed by atoms with Gasteiger partial charge in [-0.2, -0.15) is 10.4 Å². The summed E-state index contributed by atoms with van der Waals surface area (Å²) in [4.78, 5) is 19.3. The summed E-state index contributed by atoms with van der Waals surface area (Å²) in [5, 5.41) is 14.5. The van der Waals surface area contributed by atoms with Crippen LogP contribution in [0.2, 0.25) is 0 Å². The Morgan fingerprint density at radius 3 is 2.81 bits per heavy atom. The van der Waals surface area contributed by atoms with E-state index in [-0.39, 0.29) is 23.2 Å².